The first-order valence-corrected chi connectivity index (χ1v) is 8.23. The highest BCUT2D eigenvalue weighted by atomic mass is 16.3. The molecule has 0 aliphatic carbocycles. The number of likely N-dealkylation sites (tertiary alicyclic amines) is 2. The van der Waals surface area contributed by atoms with Crippen LogP contribution in [0.2, 0.25) is 0 Å². The van der Waals surface area contributed by atoms with Crippen LogP contribution in [0.3, 0.4) is 0 Å². The molecule has 2 fully saturated rings. The molecule has 0 bridgehead atoms. The lowest BCUT2D eigenvalue weighted by Gasteiger charge is -2.29. The summed E-state index contributed by atoms with van der Waals surface area (Å²) in [6.07, 6.45) is 5.49. The molecule has 2 saturated heterocycles. The van der Waals surface area contributed by atoms with E-state index in [1.165, 1.54) is 12.8 Å². The first-order chi connectivity index (χ1) is 9.79. The Hall–Kier alpha value is -0.810. The summed E-state index contributed by atoms with van der Waals surface area (Å²) in [6.45, 7) is 9.46. The predicted octanol–water partition coefficient (Wildman–Crippen LogP) is 0.895. The summed E-state index contributed by atoms with van der Waals surface area (Å²) >= 11 is 0. The molecule has 0 aromatic rings. The Morgan fingerprint density at radius 3 is 2.55 bits per heavy atom. The van der Waals surface area contributed by atoms with Crippen LogP contribution in [-0.2, 0) is 0 Å². The van der Waals surface area contributed by atoms with Gasteiger partial charge in [-0.2, -0.15) is 0 Å². The van der Waals surface area contributed by atoms with Crippen molar-refractivity contribution < 1.29 is 5.11 Å². The van der Waals surface area contributed by atoms with Crippen molar-refractivity contribution in [3.05, 3.63) is 0 Å². The van der Waals surface area contributed by atoms with Crippen LogP contribution < -0.4 is 5.32 Å². The van der Waals surface area contributed by atoms with E-state index in [2.05, 4.69) is 22.0 Å². The standard InChI is InChI=1S/C15H30N4O/c1-2-16-15(19-10-3-4-11-19)17-8-5-9-18-12-6-14(20)7-13-18/h14,20H,2-13H2,1H3,(H,16,17). The monoisotopic (exact) mass is 282 g/mol. The van der Waals surface area contributed by atoms with Gasteiger partial charge in [0.2, 0.25) is 0 Å². The quantitative estimate of drug-likeness (QED) is 0.447. The zero-order valence-corrected chi connectivity index (χ0v) is 12.9. The second-order valence-electron chi connectivity index (χ2n) is 5.86. The third kappa shape index (κ3) is 4.94. The van der Waals surface area contributed by atoms with Gasteiger partial charge in [-0.25, -0.2) is 0 Å². The Morgan fingerprint density at radius 1 is 1.20 bits per heavy atom. The Kier molecular flexibility index (Phi) is 6.60. The summed E-state index contributed by atoms with van der Waals surface area (Å²) in [5.74, 6) is 1.10. The van der Waals surface area contributed by atoms with E-state index in [-0.39, 0.29) is 6.10 Å². The van der Waals surface area contributed by atoms with Gasteiger partial charge < -0.3 is 20.2 Å². The molecule has 20 heavy (non-hydrogen) atoms. The number of hydrogen-bond donors (Lipinski definition) is 2. The number of aliphatic imine (C=N–C) groups is 1. The first-order valence-electron chi connectivity index (χ1n) is 8.23. The van der Waals surface area contributed by atoms with Crippen molar-refractivity contribution in [2.24, 2.45) is 4.99 Å². The maximum absolute atomic E-state index is 9.49. The lowest BCUT2D eigenvalue weighted by Crippen LogP contribution is -2.40. The van der Waals surface area contributed by atoms with Crippen molar-refractivity contribution >= 4 is 5.96 Å². The van der Waals surface area contributed by atoms with Crippen molar-refractivity contribution in [1.82, 2.24) is 15.1 Å². The lowest BCUT2D eigenvalue weighted by molar-refractivity contribution is 0.0824. The molecule has 2 N–H and O–H groups in total. The summed E-state index contributed by atoms with van der Waals surface area (Å²) in [5, 5.41) is 12.9. The summed E-state index contributed by atoms with van der Waals surface area (Å²) in [5.41, 5.74) is 0. The molecule has 0 saturated carbocycles. The molecule has 0 amide bonds. The third-order valence-corrected chi connectivity index (χ3v) is 4.19. The highest BCUT2D eigenvalue weighted by Crippen LogP contribution is 2.10. The molecule has 2 heterocycles. The summed E-state index contributed by atoms with van der Waals surface area (Å²) in [7, 11) is 0. The minimum atomic E-state index is -0.0696. The molecule has 0 aromatic heterocycles. The zero-order chi connectivity index (χ0) is 14.2. The molecule has 5 heteroatoms. The first kappa shape index (κ1) is 15.6. The molecule has 0 atom stereocenters. The maximum atomic E-state index is 9.49. The zero-order valence-electron chi connectivity index (χ0n) is 12.9. The Labute approximate surface area is 123 Å². The number of nitrogens with one attached hydrogen (secondary N) is 1. The lowest BCUT2D eigenvalue weighted by atomic mass is 10.1. The van der Waals surface area contributed by atoms with E-state index in [0.717, 1.165) is 71.0 Å². The van der Waals surface area contributed by atoms with Gasteiger partial charge in [0, 0.05) is 39.3 Å². The third-order valence-electron chi connectivity index (χ3n) is 4.19. The van der Waals surface area contributed by atoms with Crippen LogP contribution >= 0.6 is 0 Å². The Bertz CT molecular complexity index is 294. The van der Waals surface area contributed by atoms with Crippen LogP contribution in [-0.4, -0.2) is 72.8 Å². The number of piperidine rings is 1. The largest absolute Gasteiger partial charge is 0.393 e. The van der Waals surface area contributed by atoms with Crippen molar-refractivity contribution in [3.8, 4) is 0 Å². The molecule has 5 nitrogen and oxygen atoms in total. The topological polar surface area (TPSA) is 51.1 Å². The SMILES string of the molecule is CCNC(=NCCCN1CCC(O)CC1)N1CCCC1. The summed E-state index contributed by atoms with van der Waals surface area (Å²) in [4.78, 5) is 9.58. The number of aliphatic hydroxyl groups excluding tert-OH is 1. The molecule has 0 unspecified atom stereocenters. The van der Waals surface area contributed by atoms with Gasteiger partial charge >= 0.3 is 0 Å². The van der Waals surface area contributed by atoms with E-state index >= 15 is 0 Å². The molecule has 2 aliphatic rings. The summed E-state index contributed by atoms with van der Waals surface area (Å²) < 4.78 is 0. The van der Waals surface area contributed by atoms with Crippen LogP contribution in [0.4, 0.5) is 0 Å². The van der Waals surface area contributed by atoms with Crippen molar-refractivity contribution in [2.45, 2.75) is 45.1 Å². The summed E-state index contributed by atoms with van der Waals surface area (Å²) in [6, 6.07) is 0. The van der Waals surface area contributed by atoms with Gasteiger partial charge in [0.05, 0.1) is 6.10 Å². The molecule has 2 aliphatic heterocycles. The minimum Gasteiger partial charge on any atom is -0.393 e. The minimum absolute atomic E-state index is 0.0696. The van der Waals surface area contributed by atoms with Gasteiger partial charge in [0.15, 0.2) is 5.96 Å². The number of hydrogen-bond acceptors (Lipinski definition) is 3. The van der Waals surface area contributed by atoms with Gasteiger partial charge in [-0.15, -0.1) is 0 Å². The van der Waals surface area contributed by atoms with Crippen LogP contribution in [0.1, 0.15) is 39.0 Å². The van der Waals surface area contributed by atoms with Crippen molar-refractivity contribution in [3.63, 3.8) is 0 Å². The van der Waals surface area contributed by atoms with Crippen LogP contribution in [0.25, 0.3) is 0 Å². The van der Waals surface area contributed by atoms with E-state index in [1.54, 1.807) is 0 Å². The fourth-order valence-corrected chi connectivity index (χ4v) is 2.98. The molecule has 0 aromatic carbocycles. The number of nitrogens with zero attached hydrogens (tertiary/aromatic N) is 3. The van der Waals surface area contributed by atoms with Gasteiger partial charge in [0.1, 0.15) is 0 Å². The number of guanidine groups is 1. The normalized spacial score (nSPS) is 22.5. The highest BCUT2D eigenvalue weighted by Gasteiger charge is 2.17. The fourth-order valence-electron chi connectivity index (χ4n) is 2.98. The molecule has 116 valence electrons. The van der Waals surface area contributed by atoms with Gasteiger partial charge in [-0.1, -0.05) is 0 Å². The smallest absolute Gasteiger partial charge is 0.193 e. The Balaban J connectivity index is 1.67. The van der Waals surface area contributed by atoms with Crippen LogP contribution in [0.5, 0.6) is 0 Å². The Morgan fingerprint density at radius 2 is 1.90 bits per heavy atom. The number of rotatable bonds is 5. The van der Waals surface area contributed by atoms with Crippen LogP contribution in [0.15, 0.2) is 4.99 Å². The fraction of sp³-hybridized carbons (Fsp3) is 0.933. The molecular weight excluding hydrogens is 252 g/mol. The van der Waals surface area contributed by atoms with E-state index in [0.29, 0.717) is 0 Å². The second-order valence-corrected chi connectivity index (χ2v) is 5.86. The van der Waals surface area contributed by atoms with Crippen LogP contribution in [0, 0.1) is 0 Å². The van der Waals surface area contributed by atoms with Gasteiger partial charge in [-0.05, 0) is 45.6 Å². The van der Waals surface area contributed by atoms with Gasteiger partial charge in [0.25, 0.3) is 0 Å². The van der Waals surface area contributed by atoms with E-state index < -0.39 is 0 Å². The van der Waals surface area contributed by atoms with Crippen molar-refractivity contribution in [1.29, 1.82) is 0 Å². The molecule has 0 spiro atoms. The number of aliphatic hydroxyl groups is 1. The predicted molar refractivity (Wildman–Crippen MR) is 83.1 cm³/mol. The van der Waals surface area contributed by atoms with Crippen molar-refractivity contribution in [2.75, 3.05) is 45.8 Å². The molecular formula is C15H30N4O. The van der Waals surface area contributed by atoms with E-state index in [1.807, 2.05) is 0 Å². The molecule has 2 rings (SSSR count). The average molecular weight is 282 g/mol. The van der Waals surface area contributed by atoms with E-state index in [9.17, 15) is 5.11 Å². The maximum Gasteiger partial charge on any atom is 0.193 e. The van der Waals surface area contributed by atoms with E-state index in [4.69, 9.17) is 4.99 Å². The highest BCUT2D eigenvalue weighted by molar-refractivity contribution is 5.80. The molecule has 0 radical (unpaired) electrons. The van der Waals surface area contributed by atoms with Gasteiger partial charge in [-0.3, -0.25) is 4.99 Å². The second kappa shape index (κ2) is 8.47. The average Bonchev–Trinajstić information content (AvgIpc) is 2.98.